The SMILES string of the molecule is CCC1CCN(c2ncc3[nH]c(-c4cc(OC)c5ncnn5c4)c(C(C)C)c3c2F)CC1. The van der Waals surface area contributed by atoms with Crippen LogP contribution in [0.5, 0.6) is 5.75 Å². The summed E-state index contributed by atoms with van der Waals surface area (Å²) >= 11 is 0. The maximum atomic E-state index is 16.0. The summed E-state index contributed by atoms with van der Waals surface area (Å²) in [6.45, 7) is 8.10. The van der Waals surface area contributed by atoms with Gasteiger partial charge >= 0.3 is 0 Å². The summed E-state index contributed by atoms with van der Waals surface area (Å²) in [4.78, 5) is 14.3. The Morgan fingerprint density at radius 2 is 2.03 bits per heavy atom. The molecule has 7 nitrogen and oxygen atoms in total. The van der Waals surface area contributed by atoms with Gasteiger partial charge in [0.1, 0.15) is 6.33 Å². The number of methoxy groups -OCH3 is 1. The standard InChI is InChI=1S/C24H29FN6O/c1-5-15-6-8-30(9-7-15)24-21(25)20-17(11-26-24)29-22(19(20)14(2)3)16-10-18(32-4)23-27-13-28-31(23)12-16/h10-15,29H,5-9H2,1-4H3. The van der Waals surface area contributed by atoms with E-state index in [1.807, 2.05) is 12.3 Å². The summed E-state index contributed by atoms with van der Waals surface area (Å²) in [5.74, 6) is 1.67. The van der Waals surface area contributed by atoms with Crippen LogP contribution in [0.15, 0.2) is 24.8 Å². The van der Waals surface area contributed by atoms with Crippen molar-refractivity contribution < 1.29 is 9.13 Å². The molecule has 1 aliphatic rings. The fourth-order valence-electron chi connectivity index (χ4n) is 4.92. The molecule has 5 rings (SSSR count). The van der Waals surface area contributed by atoms with E-state index in [0.717, 1.165) is 48.7 Å². The highest BCUT2D eigenvalue weighted by Crippen LogP contribution is 2.40. The number of piperidine rings is 1. The average Bonchev–Trinajstić information content (AvgIpc) is 3.44. The molecule has 8 heteroatoms. The Bertz CT molecular complexity index is 1270. The van der Waals surface area contributed by atoms with Crippen LogP contribution in [0, 0.1) is 11.7 Å². The second kappa shape index (κ2) is 8.07. The molecule has 0 aliphatic carbocycles. The van der Waals surface area contributed by atoms with Crippen molar-refractivity contribution in [1.29, 1.82) is 0 Å². The van der Waals surface area contributed by atoms with Crippen molar-refractivity contribution in [2.45, 2.75) is 46.0 Å². The van der Waals surface area contributed by atoms with E-state index < -0.39 is 0 Å². The lowest BCUT2D eigenvalue weighted by Crippen LogP contribution is -2.34. The average molecular weight is 437 g/mol. The second-order valence-corrected chi connectivity index (χ2v) is 8.92. The molecular formula is C24H29FN6O. The highest BCUT2D eigenvalue weighted by molar-refractivity contribution is 5.93. The Hall–Kier alpha value is -3.16. The van der Waals surface area contributed by atoms with Gasteiger partial charge in [-0.15, -0.1) is 0 Å². The van der Waals surface area contributed by atoms with Crippen molar-refractivity contribution in [3.63, 3.8) is 0 Å². The predicted octanol–water partition coefficient (Wildman–Crippen LogP) is 5.17. The minimum Gasteiger partial charge on any atom is -0.493 e. The number of aromatic nitrogens is 5. The van der Waals surface area contributed by atoms with Crippen molar-refractivity contribution in [3.8, 4) is 17.0 Å². The van der Waals surface area contributed by atoms with Crippen LogP contribution in [0.2, 0.25) is 0 Å². The summed E-state index contributed by atoms with van der Waals surface area (Å²) in [5, 5.41) is 4.89. The Balaban J connectivity index is 1.65. The maximum absolute atomic E-state index is 16.0. The number of nitrogens with zero attached hydrogens (tertiary/aromatic N) is 5. The first kappa shape index (κ1) is 20.7. The number of aromatic amines is 1. The molecule has 1 fully saturated rings. The van der Waals surface area contributed by atoms with Crippen molar-refractivity contribution >= 4 is 22.4 Å². The molecule has 0 atom stereocenters. The van der Waals surface area contributed by atoms with Crippen LogP contribution in [0.3, 0.4) is 0 Å². The number of hydrogen-bond donors (Lipinski definition) is 1. The Morgan fingerprint density at radius 3 is 2.72 bits per heavy atom. The van der Waals surface area contributed by atoms with E-state index in [1.54, 1.807) is 17.8 Å². The van der Waals surface area contributed by atoms with Gasteiger partial charge in [-0.3, -0.25) is 0 Å². The molecule has 1 saturated heterocycles. The molecule has 0 aromatic carbocycles. The lowest BCUT2D eigenvalue weighted by Gasteiger charge is -2.32. The summed E-state index contributed by atoms with van der Waals surface area (Å²) < 4.78 is 23.2. The van der Waals surface area contributed by atoms with E-state index >= 15 is 4.39 Å². The summed E-state index contributed by atoms with van der Waals surface area (Å²) in [5.41, 5.74) is 4.00. The third kappa shape index (κ3) is 3.29. The first-order valence-electron chi connectivity index (χ1n) is 11.3. The van der Waals surface area contributed by atoms with Crippen LogP contribution in [0.4, 0.5) is 10.2 Å². The molecule has 0 amide bonds. The Kier molecular flexibility index (Phi) is 5.23. The van der Waals surface area contributed by atoms with Crippen molar-refractivity contribution in [2.75, 3.05) is 25.1 Å². The van der Waals surface area contributed by atoms with Crippen LogP contribution in [0.1, 0.15) is 51.5 Å². The number of hydrogen-bond acceptors (Lipinski definition) is 5. The topological polar surface area (TPSA) is 71.3 Å². The normalized spacial score (nSPS) is 15.4. The zero-order valence-corrected chi connectivity index (χ0v) is 19.0. The van der Waals surface area contributed by atoms with Crippen LogP contribution >= 0.6 is 0 Å². The highest BCUT2D eigenvalue weighted by atomic mass is 19.1. The summed E-state index contributed by atoms with van der Waals surface area (Å²) in [6, 6.07) is 1.92. The molecule has 0 unspecified atom stereocenters. The Morgan fingerprint density at radius 1 is 1.25 bits per heavy atom. The number of anilines is 1. The summed E-state index contributed by atoms with van der Waals surface area (Å²) in [6.07, 6.45) is 8.50. The molecule has 1 N–H and O–H groups in total. The van der Waals surface area contributed by atoms with E-state index in [0.29, 0.717) is 28.1 Å². The van der Waals surface area contributed by atoms with Gasteiger partial charge < -0.3 is 14.6 Å². The smallest absolute Gasteiger partial charge is 0.197 e. The van der Waals surface area contributed by atoms with Gasteiger partial charge in [0, 0.05) is 30.2 Å². The van der Waals surface area contributed by atoms with Crippen LogP contribution in [-0.4, -0.2) is 44.8 Å². The number of halogens is 1. The second-order valence-electron chi connectivity index (χ2n) is 8.92. The molecule has 1 aliphatic heterocycles. The van der Waals surface area contributed by atoms with E-state index in [4.69, 9.17) is 4.74 Å². The third-order valence-electron chi connectivity index (χ3n) is 6.72. The first-order valence-corrected chi connectivity index (χ1v) is 11.3. The van der Waals surface area contributed by atoms with Crippen LogP contribution in [0.25, 0.3) is 27.8 Å². The number of fused-ring (bicyclic) bond motifs is 2. The van der Waals surface area contributed by atoms with Crippen LogP contribution in [-0.2, 0) is 0 Å². The minimum atomic E-state index is -0.238. The minimum absolute atomic E-state index is 0.103. The van der Waals surface area contributed by atoms with E-state index in [-0.39, 0.29) is 11.7 Å². The zero-order valence-electron chi connectivity index (χ0n) is 19.0. The molecule has 0 saturated carbocycles. The molecule has 0 bridgehead atoms. The lowest BCUT2D eigenvalue weighted by atomic mass is 9.94. The van der Waals surface area contributed by atoms with E-state index in [2.05, 4.69) is 45.7 Å². The molecule has 5 heterocycles. The largest absolute Gasteiger partial charge is 0.493 e. The van der Waals surface area contributed by atoms with Crippen molar-refractivity contribution in [2.24, 2.45) is 5.92 Å². The number of nitrogens with one attached hydrogen (secondary N) is 1. The lowest BCUT2D eigenvalue weighted by molar-refractivity contribution is 0.391. The molecule has 0 spiro atoms. The highest BCUT2D eigenvalue weighted by Gasteiger charge is 2.26. The van der Waals surface area contributed by atoms with E-state index in [9.17, 15) is 0 Å². The molecule has 168 valence electrons. The Labute approximate surface area is 186 Å². The monoisotopic (exact) mass is 436 g/mol. The van der Waals surface area contributed by atoms with E-state index in [1.165, 1.54) is 12.7 Å². The van der Waals surface area contributed by atoms with Gasteiger partial charge in [-0.05, 0) is 36.3 Å². The quantitative estimate of drug-likeness (QED) is 0.467. The molecule has 4 aromatic heterocycles. The number of rotatable bonds is 5. The van der Waals surface area contributed by atoms with Gasteiger partial charge in [0.25, 0.3) is 0 Å². The van der Waals surface area contributed by atoms with Crippen molar-refractivity contribution in [1.82, 2.24) is 24.6 Å². The zero-order chi connectivity index (χ0) is 22.4. The number of ether oxygens (including phenoxy) is 1. The predicted molar refractivity (Wildman–Crippen MR) is 124 cm³/mol. The van der Waals surface area contributed by atoms with Crippen molar-refractivity contribution in [3.05, 3.63) is 36.2 Å². The summed E-state index contributed by atoms with van der Waals surface area (Å²) in [7, 11) is 1.61. The fourth-order valence-corrected chi connectivity index (χ4v) is 4.92. The van der Waals surface area contributed by atoms with Crippen LogP contribution < -0.4 is 9.64 Å². The van der Waals surface area contributed by atoms with Gasteiger partial charge in [-0.2, -0.15) is 5.10 Å². The molecule has 4 aromatic rings. The third-order valence-corrected chi connectivity index (χ3v) is 6.72. The number of pyridine rings is 2. The van der Waals surface area contributed by atoms with Gasteiger partial charge in [-0.1, -0.05) is 27.2 Å². The van der Waals surface area contributed by atoms with Gasteiger partial charge in [0.05, 0.1) is 24.5 Å². The first-order chi connectivity index (χ1) is 15.5. The van der Waals surface area contributed by atoms with Gasteiger partial charge in [-0.25, -0.2) is 18.9 Å². The van der Waals surface area contributed by atoms with Gasteiger partial charge in [0.15, 0.2) is 23.0 Å². The maximum Gasteiger partial charge on any atom is 0.197 e. The number of H-pyrrole nitrogens is 1. The molecule has 0 radical (unpaired) electrons. The fraction of sp³-hybridized carbons (Fsp3) is 0.458. The molecular weight excluding hydrogens is 407 g/mol. The molecule has 32 heavy (non-hydrogen) atoms. The van der Waals surface area contributed by atoms with Gasteiger partial charge in [0.2, 0.25) is 0 Å².